The number of piperidine rings is 1. The van der Waals surface area contributed by atoms with Crippen LogP contribution in [0.1, 0.15) is 49.8 Å². The molecule has 1 aliphatic carbocycles. The van der Waals surface area contributed by atoms with E-state index in [9.17, 15) is 0 Å². The molecule has 0 amide bonds. The van der Waals surface area contributed by atoms with Gasteiger partial charge < -0.3 is 5.73 Å². The van der Waals surface area contributed by atoms with Gasteiger partial charge in [0, 0.05) is 11.7 Å². The van der Waals surface area contributed by atoms with Crippen molar-refractivity contribution in [2.45, 2.75) is 45.1 Å². The van der Waals surface area contributed by atoms with Crippen LogP contribution in [0.2, 0.25) is 0 Å². The number of nitrogens with zero attached hydrogens (tertiary/aromatic N) is 1. The summed E-state index contributed by atoms with van der Waals surface area (Å²) in [5, 5.41) is 0. The molecular weight excluding hydrogens is 220 g/mol. The highest BCUT2D eigenvalue weighted by Gasteiger charge is 2.30. The van der Waals surface area contributed by atoms with Crippen molar-refractivity contribution in [2.24, 2.45) is 5.92 Å². The van der Waals surface area contributed by atoms with Gasteiger partial charge in [-0.3, -0.25) is 4.90 Å². The minimum atomic E-state index is 0.665. The van der Waals surface area contributed by atoms with Gasteiger partial charge in [0.2, 0.25) is 0 Å². The lowest BCUT2D eigenvalue weighted by atomic mass is 9.92. The molecule has 1 unspecified atom stereocenters. The van der Waals surface area contributed by atoms with Crippen molar-refractivity contribution in [2.75, 3.05) is 18.8 Å². The van der Waals surface area contributed by atoms with E-state index in [2.05, 4.69) is 30.0 Å². The molecule has 0 saturated carbocycles. The van der Waals surface area contributed by atoms with Crippen LogP contribution in [0.25, 0.3) is 0 Å². The van der Waals surface area contributed by atoms with Crippen molar-refractivity contribution < 1.29 is 0 Å². The molecule has 2 heteroatoms. The Labute approximate surface area is 110 Å². The summed E-state index contributed by atoms with van der Waals surface area (Å²) >= 11 is 0. The van der Waals surface area contributed by atoms with E-state index in [-0.39, 0.29) is 0 Å². The van der Waals surface area contributed by atoms with Crippen molar-refractivity contribution in [1.29, 1.82) is 0 Å². The fraction of sp³-hybridized carbons (Fsp3) is 0.625. The summed E-state index contributed by atoms with van der Waals surface area (Å²) in [6.07, 6.45) is 6.62. The molecule has 0 spiro atoms. The Morgan fingerprint density at radius 1 is 1.22 bits per heavy atom. The topological polar surface area (TPSA) is 29.3 Å². The predicted molar refractivity (Wildman–Crippen MR) is 76.5 cm³/mol. The molecule has 2 nitrogen and oxygen atoms in total. The lowest BCUT2D eigenvalue weighted by molar-refractivity contribution is 0.130. The lowest BCUT2D eigenvalue weighted by Gasteiger charge is -2.36. The van der Waals surface area contributed by atoms with E-state index >= 15 is 0 Å². The van der Waals surface area contributed by atoms with Crippen molar-refractivity contribution in [3.05, 3.63) is 29.3 Å². The lowest BCUT2D eigenvalue weighted by Crippen LogP contribution is -2.35. The smallest absolute Gasteiger partial charge is 0.0354 e. The monoisotopic (exact) mass is 244 g/mol. The molecule has 0 radical (unpaired) electrons. The molecule has 2 N–H and O–H groups in total. The third-order valence-electron chi connectivity index (χ3n) is 4.88. The molecule has 0 aromatic heterocycles. The van der Waals surface area contributed by atoms with Crippen LogP contribution >= 0.6 is 0 Å². The van der Waals surface area contributed by atoms with Crippen LogP contribution in [0.15, 0.2) is 18.2 Å². The molecule has 1 fully saturated rings. The molecule has 0 bridgehead atoms. The van der Waals surface area contributed by atoms with Crippen molar-refractivity contribution in [1.82, 2.24) is 4.90 Å². The van der Waals surface area contributed by atoms with Gasteiger partial charge in [-0.1, -0.05) is 19.4 Å². The Hall–Kier alpha value is -1.02. The second-order valence-corrected chi connectivity index (χ2v) is 5.90. The highest BCUT2D eigenvalue weighted by molar-refractivity contribution is 5.47. The first kappa shape index (κ1) is 12.0. The molecular formula is C16H24N2. The zero-order valence-electron chi connectivity index (χ0n) is 11.4. The minimum absolute atomic E-state index is 0.665. The number of hydrogen-bond acceptors (Lipinski definition) is 2. The van der Waals surface area contributed by atoms with Crippen LogP contribution in [-0.4, -0.2) is 18.0 Å². The van der Waals surface area contributed by atoms with E-state index in [4.69, 9.17) is 5.73 Å². The number of hydrogen-bond donors (Lipinski definition) is 1. The van der Waals surface area contributed by atoms with Crippen LogP contribution in [0.4, 0.5) is 5.69 Å². The van der Waals surface area contributed by atoms with Crippen molar-refractivity contribution >= 4 is 5.69 Å². The molecule has 1 aliphatic heterocycles. The summed E-state index contributed by atoms with van der Waals surface area (Å²) in [5.41, 5.74) is 9.82. The molecule has 1 aromatic rings. The first-order valence-corrected chi connectivity index (χ1v) is 7.40. The summed E-state index contributed by atoms with van der Waals surface area (Å²) in [4.78, 5) is 2.70. The maximum atomic E-state index is 5.88. The third kappa shape index (κ3) is 2.14. The number of benzene rings is 1. The predicted octanol–water partition coefficient (Wildman–Crippen LogP) is 3.38. The second kappa shape index (κ2) is 4.93. The van der Waals surface area contributed by atoms with E-state index in [0.717, 1.165) is 11.6 Å². The maximum absolute atomic E-state index is 5.88. The average Bonchev–Trinajstić information content (AvgIpc) is 2.81. The third-order valence-corrected chi connectivity index (χ3v) is 4.88. The Morgan fingerprint density at radius 3 is 2.72 bits per heavy atom. The summed E-state index contributed by atoms with van der Waals surface area (Å²) in [6.45, 7) is 4.90. The standard InChI is InChI=1S/C16H24N2/c1-2-12-7-9-18(10-8-12)16-6-3-13-11-14(17)4-5-15(13)16/h4-5,11-12,16H,2-3,6-10,17H2,1H3. The normalized spacial score (nSPS) is 25.3. The molecule has 2 aliphatic rings. The zero-order chi connectivity index (χ0) is 12.5. The average molecular weight is 244 g/mol. The number of fused-ring (bicyclic) bond motifs is 1. The van der Waals surface area contributed by atoms with Gasteiger partial charge in [0.15, 0.2) is 0 Å². The molecule has 3 rings (SSSR count). The molecule has 18 heavy (non-hydrogen) atoms. The fourth-order valence-corrected chi connectivity index (χ4v) is 3.67. The Bertz CT molecular complexity index is 419. The Balaban J connectivity index is 1.73. The first-order chi connectivity index (χ1) is 8.78. The van der Waals surface area contributed by atoms with Gasteiger partial charge in [-0.15, -0.1) is 0 Å². The van der Waals surface area contributed by atoms with Crippen LogP contribution < -0.4 is 5.73 Å². The second-order valence-electron chi connectivity index (χ2n) is 5.90. The van der Waals surface area contributed by atoms with Crippen molar-refractivity contribution in [3.63, 3.8) is 0 Å². The van der Waals surface area contributed by atoms with Gasteiger partial charge in [-0.2, -0.15) is 0 Å². The highest BCUT2D eigenvalue weighted by atomic mass is 15.2. The van der Waals surface area contributed by atoms with Crippen LogP contribution in [0.5, 0.6) is 0 Å². The van der Waals surface area contributed by atoms with E-state index in [1.54, 1.807) is 5.56 Å². The van der Waals surface area contributed by atoms with Gasteiger partial charge in [0.25, 0.3) is 0 Å². The molecule has 98 valence electrons. The SMILES string of the molecule is CCC1CCN(C2CCc3cc(N)ccc32)CC1. The van der Waals surface area contributed by atoms with Crippen LogP contribution in [0.3, 0.4) is 0 Å². The number of nitrogens with two attached hydrogens (primary N) is 1. The van der Waals surface area contributed by atoms with Crippen LogP contribution in [-0.2, 0) is 6.42 Å². The molecule has 1 saturated heterocycles. The maximum Gasteiger partial charge on any atom is 0.0354 e. The Kier molecular flexibility index (Phi) is 3.29. The van der Waals surface area contributed by atoms with E-state index < -0.39 is 0 Å². The summed E-state index contributed by atoms with van der Waals surface area (Å²) in [7, 11) is 0. The largest absolute Gasteiger partial charge is 0.399 e. The van der Waals surface area contributed by atoms with E-state index in [1.165, 1.54) is 50.8 Å². The van der Waals surface area contributed by atoms with Gasteiger partial charge in [-0.05, 0) is 68.0 Å². The summed E-state index contributed by atoms with van der Waals surface area (Å²) < 4.78 is 0. The van der Waals surface area contributed by atoms with E-state index in [0.29, 0.717) is 6.04 Å². The first-order valence-electron chi connectivity index (χ1n) is 7.40. The molecule has 1 aromatic carbocycles. The van der Waals surface area contributed by atoms with Gasteiger partial charge in [0.05, 0.1) is 0 Å². The zero-order valence-corrected chi connectivity index (χ0v) is 11.4. The van der Waals surface area contributed by atoms with Crippen molar-refractivity contribution in [3.8, 4) is 0 Å². The number of aryl methyl sites for hydroxylation is 1. The van der Waals surface area contributed by atoms with Gasteiger partial charge in [-0.25, -0.2) is 0 Å². The summed E-state index contributed by atoms with van der Waals surface area (Å²) in [6, 6.07) is 7.16. The molecule has 1 heterocycles. The Morgan fingerprint density at radius 2 is 2.00 bits per heavy atom. The van der Waals surface area contributed by atoms with Crippen LogP contribution in [0, 0.1) is 5.92 Å². The quantitative estimate of drug-likeness (QED) is 0.808. The van der Waals surface area contributed by atoms with Gasteiger partial charge in [0.1, 0.15) is 0 Å². The molecule has 1 atom stereocenters. The van der Waals surface area contributed by atoms with Gasteiger partial charge >= 0.3 is 0 Å². The van der Waals surface area contributed by atoms with E-state index in [1.807, 2.05) is 0 Å². The number of anilines is 1. The number of likely N-dealkylation sites (tertiary alicyclic amines) is 1. The number of rotatable bonds is 2. The number of nitrogen functional groups attached to an aromatic ring is 1. The minimum Gasteiger partial charge on any atom is -0.399 e. The highest BCUT2D eigenvalue weighted by Crippen LogP contribution is 2.38. The fourth-order valence-electron chi connectivity index (χ4n) is 3.67. The summed E-state index contributed by atoms with van der Waals surface area (Å²) in [5.74, 6) is 0.966.